The molecule has 0 bridgehead atoms. The lowest BCUT2D eigenvalue weighted by Gasteiger charge is -2.24. The van der Waals surface area contributed by atoms with Crippen molar-refractivity contribution in [1.82, 2.24) is 35.0 Å². The number of fused-ring (bicyclic) bond motifs is 4. The predicted molar refractivity (Wildman–Crippen MR) is 105 cm³/mol. The third-order valence-electron chi connectivity index (χ3n) is 5.34. The molecule has 1 unspecified atom stereocenters. The van der Waals surface area contributed by atoms with Crippen molar-refractivity contribution in [2.75, 3.05) is 19.4 Å². The van der Waals surface area contributed by atoms with Gasteiger partial charge in [-0.1, -0.05) is 0 Å². The van der Waals surface area contributed by atoms with E-state index in [2.05, 4.69) is 35.5 Å². The van der Waals surface area contributed by atoms with Crippen LogP contribution in [0.15, 0.2) is 24.8 Å². The molecule has 1 atom stereocenters. The standard InChI is InChI=1S/C19H20N8O/c1-27(2)19(28)10-3-4-13-12(5-10)16-17(24-13)21-9-22-18(16)25-15-6-11-7-23-26-14(11)8-20-15/h6-10H,3-5H2,1-2H3,(H,23,26)(H2,20,21,22,24,25). The van der Waals surface area contributed by atoms with Crippen LogP contribution in [0.5, 0.6) is 0 Å². The monoisotopic (exact) mass is 376 g/mol. The van der Waals surface area contributed by atoms with E-state index in [4.69, 9.17) is 0 Å². The molecule has 9 heteroatoms. The Hall–Kier alpha value is -3.49. The van der Waals surface area contributed by atoms with Crippen molar-refractivity contribution >= 4 is 39.5 Å². The van der Waals surface area contributed by atoms with Gasteiger partial charge >= 0.3 is 0 Å². The lowest BCUT2D eigenvalue weighted by Crippen LogP contribution is -2.33. The molecule has 0 aromatic carbocycles. The van der Waals surface area contributed by atoms with Gasteiger partial charge in [-0.2, -0.15) is 5.10 Å². The van der Waals surface area contributed by atoms with Crippen molar-refractivity contribution < 1.29 is 4.79 Å². The molecule has 4 aromatic rings. The van der Waals surface area contributed by atoms with Gasteiger partial charge in [-0.25, -0.2) is 15.0 Å². The first-order valence-corrected chi connectivity index (χ1v) is 9.22. The Labute approximate surface area is 160 Å². The molecule has 0 saturated heterocycles. The summed E-state index contributed by atoms with van der Waals surface area (Å²) in [5.41, 5.74) is 3.92. The molecule has 1 aliphatic rings. The maximum atomic E-state index is 12.5. The largest absolute Gasteiger partial charge is 0.349 e. The summed E-state index contributed by atoms with van der Waals surface area (Å²) in [6.07, 6.45) is 7.38. The highest BCUT2D eigenvalue weighted by Gasteiger charge is 2.29. The van der Waals surface area contributed by atoms with Crippen LogP contribution in [-0.2, 0) is 17.6 Å². The number of amides is 1. The van der Waals surface area contributed by atoms with E-state index >= 15 is 0 Å². The molecule has 0 radical (unpaired) electrons. The lowest BCUT2D eigenvalue weighted by molar-refractivity contribution is -0.133. The first-order chi connectivity index (χ1) is 13.6. The summed E-state index contributed by atoms with van der Waals surface area (Å²) in [5, 5.41) is 12.1. The number of hydrogen-bond acceptors (Lipinski definition) is 6. The number of aryl methyl sites for hydroxylation is 1. The maximum absolute atomic E-state index is 12.5. The fourth-order valence-corrected chi connectivity index (χ4v) is 3.94. The molecule has 28 heavy (non-hydrogen) atoms. The number of nitrogens with zero attached hydrogens (tertiary/aromatic N) is 5. The minimum absolute atomic E-state index is 0.0186. The van der Waals surface area contributed by atoms with E-state index in [1.807, 2.05) is 6.07 Å². The molecule has 9 nitrogen and oxygen atoms in total. The number of nitrogens with one attached hydrogen (secondary N) is 3. The number of aromatic nitrogens is 6. The molecular weight excluding hydrogens is 356 g/mol. The fourth-order valence-electron chi connectivity index (χ4n) is 3.94. The van der Waals surface area contributed by atoms with Gasteiger partial charge < -0.3 is 15.2 Å². The molecule has 1 amide bonds. The second-order valence-electron chi connectivity index (χ2n) is 7.35. The zero-order chi connectivity index (χ0) is 19.3. The first-order valence-electron chi connectivity index (χ1n) is 9.22. The Kier molecular flexibility index (Phi) is 3.75. The minimum atomic E-state index is -0.0186. The summed E-state index contributed by atoms with van der Waals surface area (Å²) in [4.78, 5) is 30.8. The number of hydrogen-bond donors (Lipinski definition) is 3. The van der Waals surface area contributed by atoms with Gasteiger partial charge in [-0.15, -0.1) is 0 Å². The van der Waals surface area contributed by atoms with Crippen molar-refractivity contribution in [2.24, 2.45) is 5.92 Å². The summed E-state index contributed by atoms with van der Waals surface area (Å²) in [6.45, 7) is 0. The van der Waals surface area contributed by atoms with Crippen molar-refractivity contribution in [3.05, 3.63) is 36.0 Å². The minimum Gasteiger partial charge on any atom is -0.349 e. The number of H-pyrrole nitrogens is 2. The van der Waals surface area contributed by atoms with E-state index in [0.717, 1.165) is 46.0 Å². The smallest absolute Gasteiger partial charge is 0.225 e. The van der Waals surface area contributed by atoms with Crippen molar-refractivity contribution in [1.29, 1.82) is 0 Å². The third-order valence-corrected chi connectivity index (χ3v) is 5.34. The van der Waals surface area contributed by atoms with Gasteiger partial charge in [0.15, 0.2) is 0 Å². The molecule has 0 spiro atoms. The predicted octanol–water partition coefficient (Wildman–Crippen LogP) is 2.17. The Morgan fingerprint density at radius 3 is 3.00 bits per heavy atom. The Balaban J connectivity index is 1.55. The second-order valence-corrected chi connectivity index (χ2v) is 7.35. The third kappa shape index (κ3) is 2.67. The second kappa shape index (κ2) is 6.29. The number of anilines is 2. The van der Waals surface area contributed by atoms with Crippen LogP contribution in [0.25, 0.3) is 21.9 Å². The van der Waals surface area contributed by atoms with Gasteiger partial charge in [0.25, 0.3) is 0 Å². The first kappa shape index (κ1) is 16.7. The van der Waals surface area contributed by atoms with Crippen LogP contribution in [0.1, 0.15) is 17.7 Å². The summed E-state index contributed by atoms with van der Waals surface area (Å²) in [7, 11) is 3.61. The van der Waals surface area contributed by atoms with E-state index in [1.165, 1.54) is 6.33 Å². The summed E-state index contributed by atoms with van der Waals surface area (Å²) >= 11 is 0. The van der Waals surface area contributed by atoms with Crippen LogP contribution in [0.2, 0.25) is 0 Å². The Morgan fingerprint density at radius 2 is 2.14 bits per heavy atom. The number of pyridine rings is 1. The lowest BCUT2D eigenvalue weighted by atomic mass is 9.85. The molecule has 0 fully saturated rings. The van der Waals surface area contributed by atoms with Gasteiger partial charge in [0.1, 0.15) is 23.6 Å². The van der Waals surface area contributed by atoms with Crippen LogP contribution < -0.4 is 5.32 Å². The molecule has 0 aliphatic heterocycles. The SMILES string of the molecule is CN(C)C(=O)C1CCc2[nH]c3ncnc(Nc4cc5cn[nH]c5cn4)c3c2C1. The molecule has 4 heterocycles. The molecular formula is C19H20N8O. The van der Waals surface area contributed by atoms with E-state index in [1.54, 1.807) is 31.4 Å². The quantitative estimate of drug-likeness (QED) is 0.505. The number of carbonyl (C=O) groups is 1. The summed E-state index contributed by atoms with van der Waals surface area (Å²) in [5.74, 6) is 1.52. The Bertz CT molecular complexity index is 1190. The molecule has 142 valence electrons. The van der Waals surface area contributed by atoms with Gasteiger partial charge in [0.2, 0.25) is 5.91 Å². The van der Waals surface area contributed by atoms with E-state index < -0.39 is 0 Å². The van der Waals surface area contributed by atoms with E-state index in [9.17, 15) is 4.79 Å². The van der Waals surface area contributed by atoms with Gasteiger partial charge in [0.05, 0.1) is 23.3 Å². The van der Waals surface area contributed by atoms with Crippen LogP contribution in [0.3, 0.4) is 0 Å². The zero-order valence-corrected chi connectivity index (χ0v) is 15.7. The highest BCUT2D eigenvalue weighted by Crippen LogP contribution is 2.35. The average Bonchev–Trinajstić information content (AvgIpc) is 3.30. The van der Waals surface area contributed by atoms with Crippen LogP contribution in [0, 0.1) is 5.92 Å². The van der Waals surface area contributed by atoms with E-state index in [-0.39, 0.29) is 11.8 Å². The van der Waals surface area contributed by atoms with Crippen LogP contribution in [-0.4, -0.2) is 55.0 Å². The summed E-state index contributed by atoms with van der Waals surface area (Å²) in [6, 6.07) is 1.92. The van der Waals surface area contributed by atoms with Gasteiger partial charge in [-0.05, 0) is 30.9 Å². The Morgan fingerprint density at radius 1 is 1.25 bits per heavy atom. The zero-order valence-electron chi connectivity index (χ0n) is 15.7. The van der Waals surface area contributed by atoms with E-state index in [0.29, 0.717) is 18.1 Å². The average molecular weight is 376 g/mol. The topological polar surface area (TPSA) is 115 Å². The molecule has 0 saturated carbocycles. The van der Waals surface area contributed by atoms with Crippen LogP contribution in [0.4, 0.5) is 11.6 Å². The summed E-state index contributed by atoms with van der Waals surface area (Å²) < 4.78 is 0. The van der Waals surface area contributed by atoms with Crippen LogP contribution >= 0.6 is 0 Å². The molecule has 3 N–H and O–H groups in total. The number of rotatable bonds is 3. The maximum Gasteiger partial charge on any atom is 0.225 e. The van der Waals surface area contributed by atoms with Crippen molar-refractivity contribution in [2.45, 2.75) is 19.3 Å². The highest BCUT2D eigenvalue weighted by atomic mass is 16.2. The normalized spacial score (nSPS) is 16.3. The van der Waals surface area contributed by atoms with Crippen molar-refractivity contribution in [3.8, 4) is 0 Å². The molecule has 1 aliphatic carbocycles. The fraction of sp³-hybridized carbons (Fsp3) is 0.316. The van der Waals surface area contributed by atoms with Crippen molar-refractivity contribution in [3.63, 3.8) is 0 Å². The number of aromatic amines is 2. The molecule has 5 rings (SSSR count). The molecule has 4 aromatic heterocycles. The highest BCUT2D eigenvalue weighted by molar-refractivity contribution is 5.94. The van der Waals surface area contributed by atoms with Gasteiger partial charge in [0, 0.05) is 31.1 Å². The number of carbonyl (C=O) groups excluding carboxylic acids is 1. The van der Waals surface area contributed by atoms with Gasteiger partial charge in [-0.3, -0.25) is 9.89 Å².